The number of ketones is 1. The molecule has 1 N–H and O–H groups in total. The van der Waals surface area contributed by atoms with E-state index in [1.165, 1.54) is 11.6 Å². The second-order valence-electron chi connectivity index (χ2n) is 8.72. The Labute approximate surface area is 192 Å². The Morgan fingerprint density at radius 1 is 1.03 bits per heavy atom. The lowest BCUT2D eigenvalue weighted by Crippen LogP contribution is -2.50. The van der Waals surface area contributed by atoms with Gasteiger partial charge in [0.05, 0.1) is 13.2 Å². The number of nitrogens with one attached hydrogen (secondary N) is 1. The molecule has 2 fully saturated rings. The number of nitrogens with zero attached hydrogens (tertiary/aromatic N) is 2. The number of carbonyl (C=O) groups excluding carboxylic acids is 3. The summed E-state index contributed by atoms with van der Waals surface area (Å²) in [6, 6.07) is 7.84. The van der Waals surface area contributed by atoms with Crippen molar-refractivity contribution in [2.45, 2.75) is 32.0 Å². The van der Waals surface area contributed by atoms with Crippen LogP contribution in [-0.2, 0) is 37.0 Å². The summed E-state index contributed by atoms with van der Waals surface area (Å²) in [6.07, 6.45) is 5.92. The van der Waals surface area contributed by atoms with Gasteiger partial charge >= 0.3 is 0 Å². The predicted octanol–water partition coefficient (Wildman–Crippen LogP) is 1.43. The largest absolute Gasteiger partial charge is 0.484 e. The first-order chi connectivity index (χ1) is 16.1. The number of imide groups is 1. The molecule has 4 aliphatic rings. The second kappa shape index (κ2) is 9.33. The molecule has 0 spiro atoms. The molecule has 1 aromatic carbocycles. The number of allylic oxidation sites excluding steroid dienone is 2. The molecular formula is C25H27N3O5. The van der Waals surface area contributed by atoms with E-state index in [0.717, 1.165) is 49.6 Å². The average molecular weight is 450 g/mol. The fraction of sp³-hybridized carbons (Fsp3) is 0.400. The highest BCUT2D eigenvalue weighted by atomic mass is 16.5. The van der Waals surface area contributed by atoms with Crippen LogP contribution in [0.3, 0.4) is 0 Å². The molecule has 0 aromatic heterocycles. The van der Waals surface area contributed by atoms with Crippen LogP contribution in [0.5, 0.6) is 0 Å². The van der Waals surface area contributed by atoms with Crippen molar-refractivity contribution in [3.8, 4) is 0 Å². The summed E-state index contributed by atoms with van der Waals surface area (Å²) in [6.45, 7) is 5.06. The van der Waals surface area contributed by atoms with Gasteiger partial charge in [0.25, 0.3) is 0 Å². The Bertz CT molecular complexity index is 1050. The van der Waals surface area contributed by atoms with Crippen molar-refractivity contribution in [2.75, 3.05) is 32.8 Å². The minimum absolute atomic E-state index is 0.170. The fourth-order valence-electron chi connectivity index (χ4n) is 4.58. The van der Waals surface area contributed by atoms with Crippen molar-refractivity contribution >= 4 is 17.6 Å². The van der Waals surface area contributed by atoms with Gasteiger partial charge in [0, 0.05) is 44.4 Å². The number of piperidine rings is 1. The molecule has 1 atom stereocenters. The van der Waals surface area contributed by atoms with Gasteiger partial charge in [-0.15, -0.1) is 0 Å². The first kappa shape index (κ1) is 21.6. The van der Waals surface area contributed by atoms with Crippen LogP contribution in [-0.4, -0.2) is 66.3 Å². The number of morpholine rings is 1. The third-order valence-electron chi connectivity index (χ3n) is 6.43. The Kier molecular flexibility index (Phi) is 6.11. The van der Waals surface area contributed by atoms with E-state index in [2.05, 4.69) is 22.3 Å². The lowest BCUT2D eigenvalue weighted by Gasteiger charge is -2.29. The molecule has 3 aliphatic heterocycles. The molecule has 3 heterocycles. The molecule has 8 heteroatoms. The van der Waals surface area contributed by atoms with Crippen LogP contribution in [0.4, 0.5) is 0 Å². The van der Waals surface area contributed by atoms with Gasteiger partial charge in [-0.05, 0) is 35.3 Å². The monoisotopic (exact) mass is 449 g/mol. The van der Waals surface area contributed by atoms with Crippen molar-refractivity contribution < 1.29 is 23.9 Å². The number of amides is 2. The van der Waals surface area contributed by atoms with E-state index in [1.54, 1.807) is 6.08 Å². The summed E-state index contributed by atoms with van der Waals surface area (Å²) < 4.78 is 11.4. The molecule has 172 valence electrons. The minimum atomic E-state index is -0.419. The normalized spacial score (nSPS) is 23.5. The predicted molar refractivity (Wildman–Crippen MR) is 119 cm³/mol. The zero-order valence-corrected chi connectivity index (χ0v) is 18.4. The molecule has 0 saturated carbocycles. The van der Waals surface area contributed by atoms with Gasteiger partial charge in [0.15, 0.2) is 5.76 Å². The van der Waals surface area contributed by atoms with Gasteiger partial charge in [-0.25, -0.2) is 0 Å². The molecule has 5 rings (SSSR count). The van der Waals surface area contributed by atoms with E-state index in [1.807, 2.05) is 23.2 Å². The fourth-order valence-corrected chi connectivity index (χ4v) is 4.58. The molecule has 2 saturated heterocycles. The number of hydrogen-bond acceptors (Lipinski definition) is 7. The average Bonchev–Trinajstić information content (AvgIpc) is 3.24. The SMILES string of the molecule is O=C1CC[C@@H](N2C=C3C=CC(=O)C(OCc4ccc(CN5CCOCC5)cc4)=C3C2)C(=O)N1. The van der Waals surface area contributed by atoms with Crippen molar-refractivity contribution in [2.24, 2.45) is 0 Å². The first-order valence-electron chi connectivity index (χ1n) is 11.3. The van der Waals surface area contributed by atoms with Gasteiger partial charge in [-0.3, -0.25) is 24.6 Å². The Morgan fingerprint density at radius 3 is 2.55 bits per heavy atom. The summed E-state index contributed by atoms with van der Waals surface area (Å²) in [5, 5.41) is 2.39. The van der Waals surface area contributed by atoms with E-state index in [4.69, 9.17) is 9.47 Å². The Morgan fingerprint density at radius 2 is 1.79 bits per heavy atom. The molecular weight excluding hydrogens is 422 g/mol. The maximum atomic E-state index is 12.6. The number of ether oxygens (including phenoxy) is 2. The van der Waals surface area contributed by atoms with Crippen molar-refractivity contribution in [1.82, 2.24) is 15.1 Å². The summed E-state index contributed by atoms with van der Waals surface area (Å²) in [4.78, 5) is 40.6. The Balaban J connectivity index is 1.23. The molecule has 8 nitrogen and oxygen atoms in total. The Hall–Kier alpha value is -3.23. The lowest BCUT2D eigenvalue weighted by atomic mass is 10.00. The molecule has 1 aromatic rings. The van der Waals surface area contributed by atoms with Crippen LogP contribution in [0.1, 0.15) is 24.0 Å². The van der Waals surface area contributed by atoms with Gasteiger partial charge in [0.2, 0.25) is 17.6 Å². The van der Waals surface area contributed by atoms with E-state index in [-0.39, 0.29) is 17.6 Å². The number of benzene rings is 1. The quantitative estimate of drug-likeness (QED) is 0.658. The zero-order valence-electron chi connectivity index (χ0n) is 18.4. The highest BCUT2D eigenvalue weighted by molar-refractivity contribution is 6.06. The van der Waals surface area contributed by atoms with Crippen LogP contribution < -0.4 is 5.32 Å². The smallest absolute Gasteiger partial charge is 0.249 e. The molecule has 33 heavy (non-hydrogen) atoms. The lowest BCUT2D eigenvalue weighted by molar-refractivity contribution is -0.136. The zero-order chi connectivity index (χ0) is 22.8. The van der Waals surface area contributed by atoms with Crippen LogP contribution in [0, 0.1) is 0 Å². The molecule has 0 unspecified atom stereocenters. The summed E-state index contributed by atoms with van der Waals surface area (Å²) in [5.41, 5.74) is 3.88. The van der Waals surface area contributed by atoms with Gasteiger partial charge < -0.3 is 14.4 Å². The van der Waals surface area contributed by atoms with E-state index in [0.29, 0.717) is 31.8 Å². The summed E-state index contributed by atoms with van der Waals surface area (Å²) in [5.74, 6) is -0.376. The van der Waals surface area contributed by atoms with Crippen LogP contribution in [0.25, 0.3) is 0 Å². The second-order valence-corrected chi connectivity index (χ2v) is 8.72. The van der Waals surface area contributed by atoms with Crippen molar-refractivity contribution in [3.05, 3.63) is 70.6 Å². The molecule has 2 amide bonds. The maximum Gasteiger partial charge on any atom is 0.249 e. The van der Waals surface area contributed by atoms with E-state index >= 15 is 0 Å². The molecule has 0 radical (unpaired) electrons. The maximum absolute atomic E-state index is 12.6. The minimum Gasteiger partial charge on any atom is -0.484 e. The topological polar surface area (TPSA) is 88.2 Å². The molecule has 0 bridgehead atoms. The number of hydrogen-bond donors (Lipinski definition) is 1. The summed E-state index contributed by atoms with van der Waals surface area (Å²) >= 11 is 0. The van der Waals surface area contributed by atoms with E-state index < -0.39 is 6.04 Å². The first-order valence-corrected chi connectivity index (χ1v) is 11.3. The highest BCUT2D eigenvalue weighted by Gasteiger charge is 2.36. The van der Waals surface area contributed by atoms with Crippen LogP contribution in [0.2, 0.25) is 0 Å². The highest BCUT2D eigenvalue weighted by Crippen LogP contribution is 2.32. The molecule has 1 aliphatic carbocycles. The van der Waals surface area contributed by atoms with Crippen LogP contribution >= 0.6 is 0 Å². The van der Waals surface area contributed by atoms with Crippen LogP contribution in [0.15, 0.2) is 59.5 Å². The van der Waals surface area contributed by atoms with Crippen molar-refractivity contribution in [1.29, 1.82) is 0 Å². The standard InChI is InChI=1S/C25H27N3O5/c29-22-7-5-19-14-28(21-6-8-23(30)26-25(21)31)15-20(19)24(22)33-16-18-3-1-17(2-4-18)13-27-9-11-32-12-10-27/h1-5,7,14,21H,6,8-13,15-16H2,(H,26,30,31)/t21-/m1/s1. The van der Waals surface area contributed by atoms with Crippen molar-refractivity contribution in [3.63, 3.8) is 0 Å². The summed E-state index contributed by atoms with van der Waals surface area (Å²) in [7, 11) is 0. The number of rotatable bonds is 6. The number of fused-ring (bicyclic) bond motifs is 1. The van der Waals surface area contributed by atoms with E-state index in [9.17, 15) is 14.4 Å². The van der Waals surface area contributed by atoms with Gasteiger partial charge in [0.1, 0.15) is 12.6 Å². The van der Waals surface area contributed by atoms with Gasteiger partial charge in [-0.2, -0.15) is 0 Å². The third kappa shape index (κ3) is 4.77. The third-order valence-corrected chi connectivity index (χ3v) is 6.43. The number of carbonyl (C=O) groups is 3. The van der Waals surface area contributed by atoms with Gasteiger partial charge in [-0.1, -0.05) is 24.3 Å².